The first kappa shape index (κ1) is 17.0. The van der Waals surface area contributed by atoms with Crippen LogP contribution in [0, 0.1) is 0 Å². The van der Waals surface area contributed by atoms with Gasteiger partial charge in [-0.15, -0.1) is 0 Å². The lowest BCUT2D eigenvalue weighted by Gasteiger charge is -2.23. The van der Waals surface area contributed by atoms with E-state index in [-0.39, 0.29) is 24.4 Å². The van der Waals surface area contributed by atoms with Gasteiger partial charge in [-0.2, -0.15) is 5.10 Å². The lowest BCUT2D eigenvalue weighted by atomic mass is 9.95. The van der Waals surface area contributed by atoms with Gasteiger partial charge in [0, 0.05) is 24.8 Å². The molecule has 2 fully saturated rings. The fourth-order valence-electron chi connectivity index (χ4n) is 3.48. The van der Waals surface area contributed by atoms with Gasteiger partial charge in [-0.25, -0.2) is 0 Å². The summed E-state index contributed by atoms with van der Waals surface area (Å²) in [6, 6.07) is 0.465. The van der Waals surface area contributed by atoms with Crippen LogP contribution in [0.25, 0.3) is 0 Å². The standard InChI is InChI=1S/C17H27N5O2/c23-16(20-14-5-2-1-3-6-14)12-22-11-13(9-19-22)17(24)21-15-7-4-8-18-10-15/h9,11,14-15,18H,1-8,10,12H2,(H,20,23)(H,21,24). The van der Waals surface area contributed by atoms with Gasteiger partial charge in [-0.05, 0) is 32.2 Å². The topological polar surface area (TPSA) is 88.1 Å². The van der Waals surface area contributed by atoms with Crippen molar-refractivity contribution in [2.45, 2.75) is 63.6 Å². The van der Waals surface area contributed by atoms with Crippen molar-refractivity contribution in [2.75, 3.05) is 13.1 Å². The third-order valence-corrected chi connectivity index (χ3v) is 4.80. The molecule has 0 bridgehead atoms. The van der Waals surface area contributed by atoms with Crippen LogP contribution in [0.4, 0.5) is 0 Å². The second-order valence-corrected chi connectivity index (χ2v) is 6.85. The Kier molecular flexibility index (Phi) is 5.85. The first-order chi connectivity index (χ1) is 11.7. The zero-order chi connectivity index (χ0) is 16.8. The normalized spacial score (nSPS) is 22.1. The van der Waals surface area contributed by atoms with Gasteiger partial charge in [-0.3, -0.25) is 14.3 Å². The molecule has 1 saturated heterocycles. The highest BCUT2D eigenvalue weighted by molar-refractivity contribution is 5.94. The molecule has 0 aromatic carbocycles. The number of amides is 2. The van der Waals surface area contributed by atoms with E-state index < -0.39 is 0 Å². The van der Waals surface area contributed by atoms with E-state index in [1.165, 1.54) is 30.1 Å². The van der Waals surface area contributed by atoms with Gasteiger partial charge in [0.25, 0.3) is 5.91 Å². The van der Waals surface area contributed by atoms with Crippen molar-refractivity contribution >= 4 is 11.8 Å². The van der Waals surface area contributed by atoms with E-state index in [1.54, 1.807) is 6.20 Å². The van der Waals surface area contributed by atoms with Crippen molar-refractivity contribution in [3.8, 4) is 0 Å². The number of carbonyl (C=O) groups is 2. The number of nitrogens with one attached hydrogen (secondary N) is 3. The van der Waals surface area contributed by atoms with Crippen LogP contribution in [0.15, 0.2) is 12.4 Å². The molecule has 7 heteroatoms. The Hall–Kier alpha value is -1.89. The molecule has 2 heterocycles. The first-order valence-corrected chi connectivity index (χ1v) is 9.04. The molecule has 0 spiro atoms. The molecule has 1 aliphatic heterocycles. The van der Waals surface area contributed by atoms with Crippen molar-refractivity contribution in [1.82, 2.24) is 25.7 Å². The van der Waals surface area contributed by atoms with E-state index in [9.17, 15) is 9.59 Å². The lowest BCUT2D eigenvalue weighted by Crippen LogP contribution is -2.45. The number of hydrogen-bond donors (Lipinski definition) is 3. The van der Waals surface area contributed by atoms with E-state index in [0.29, 0.717) is 11.6 Å². The van der Waals surface area contributed by atoms with Crippen LogP contribution in [0.2, 0.25) is 0 Å². The molecule has 1 unspecified atom stereocenters. The molecule has 132 valence electrons. The Bertz CT molecular complexity index is 559. The summed E-state index contributed by atoms with van der Waals surface area (Å²) in [6.07, 6.45) is 11.0. The Labute approximate surface area is 142 Å². The maximum atomic E-state index is 12.2. The molecular weight excluding hydrogens is 306 g/mol. The Morgan fingerprint density at radius 3 is 2.67 bits per heavy atom. The number of piperidine rings is 1. The van der Waals surface area contributed by atoms with E-state index in [1.807, 2.05) is 0 Å². The molecule has 2 aliphatic rings. The minimum atomic E-state index is -0.123. The molecule has 2 amide bonds. The minimum Gasteiger partial charge on any atom is -0.352 e. The van der Waals surface area contributed by atoms with Gasteiger partial charge in [-0.1, -0.05) is 19.3 Å². The van der Waals surface area contributed by atoms with Crippen LogP contribution in [0.1, 0.15) is 55.3 Å². The maximum absolute atomic E-state index is 12.2. The van der Waals surface area contributed by atoms with Gasteiger partial charge >= 0.3 is 0 Å². The van der Waals surface area contributed by atoms with Crippen molar-refractivity contribution in [3.05, 3.63) is 18.0 Å². The number of nitrogens with zero attached hydrogens (tertiary/aromatic N) is 2. The highest BCUT2D eigenvalue weighted by Gasteiger charge is 2.19. The van der Waals surface area contributed by atoms with Gasteiger partial charge in [0.05, 0.1) is 11.8 Å². The fourth-order valence-corrected chi connectivity index (χ4v) is 3.48. The van der Waals surface area contributed by atoms with Crippen molar-refractivity contribution in [2.24, 2.45) is 0 Å². The third kappa shape index (κ3) is 4.80. The maximum Gasteiger partial charge on any atom is 0.254 e. The zero-order valence-corrected chi connectivity index (χ0v) is 14.1. The molecule has 1 atom stereocenters. The molecule has 0 radical (unpaired) electrons. The quantitative estimate of drug-likeness (QED) is 0.744. The van der Waals surface area contributed by atoms with E-state index in [2.05, 4.69) is 21.0 Å². The summed E-state index contributed by atoms with van der Waals surface area (Å²) in [6.45, 7) is 1.98. The molecule has 3 rings (SSSR count). The third-order valence-electron chi connectivity index (χ3n) is 4.80. The number of rotatable bonds is 5. The zero-order valence-electron chi connectivity index (χ0n) is 14.1. The predicted octanol–water partition coefficient (Wildman–Crippen LogP) is 0.814. The minimum absolute atomic E-state index is 0.0339. The van der Waals surface area contributed by atoms with Gasteiger partial charge in [0.2, 0.25) is 5.91 Å². The second-order valence-electron chi connectivity index (χ2n) is 6.85. The molecule has 1 aliphatic carbocycles. The summed E-state index contributed by atoms with van der Waals surface area (Å²) in [4.78, 5) is 24.3. The highest BCUT2D eigenvalue weighted by atomic mass is 16.2. The summed E-state index contributed by atoms with van der Waals surface area (Å²) in [5, 5.41) is 13.5. The van der Waals surface area contributed by atoms with Crippen LogP contribution in [0.3, 0.4) is 0 Å². The first-order valence-electron chi connectivity index (χ1n) is 9.04. The Morgan fingerprint density at radius 2 is 1.92 bits per heavy atom. The fraction of sp³-hybridized carbons (Fsp3) is 0.706. The number of carbonyl (C=O) groups excluding carboxylic acids is 2. The number of aromatic nitrogens is 2. The van der Waals surface area contributed by atoms with Crippen LogP contribution < -0.4 is 16.0 Å². The van der Waals surface area contributed by atoms with Crippen molar-refractivity contribution < 1.29 is 9.59 Å². The molecule has 1 saturated carbocycles. The largest absolute Gasteiger partial charge is 0.352 e. The van der Waals surface area contributed by atoms with Crippen LogP contribution in [0.5, 0.6) is 0 Å². The summed E-state index contributed by atoms with van der Waals surface area (Å²) in [5.74, 6) is -0.156. The highest BCUT2D eigenvalue weighted by Crippen LogP contribution is 2.17. The summed E-state index contributed by atoms with van der Waals surface area (Å²) in [5.41, 5.74) is 0.506. The molecule has 1 aromatic heterocycles. The summed E-state index contributed by atoms with van der Waals surface area (Å²) in [7, 11) is 0. The summed E-state index contributed by atoms with van der Waals surface area (Å²) >= 11 is 0. The van der Waals surface area contributed by atoms with E-state index >= 15 is 0 Å². The van der Waals surface area contributed by atoms with Crippen LogP contribution >= 0.6 is 0 Å². The van der Waals surface area contributed by atoms with E-state index in [0.717, 1.165) is 38.8 Å². The van der Waals surface area contributed by atoms with Gasteiger partial charge in [0.15, 0.2) is 0 Å². The molecule has 3 N–H and O–H groups in total. The van der Waals surface area contributed by atoms with Crippen LogP contribution in [-0.2, 0) is 11.3 Å². The smallest absolute Gasteiger partial charge is 0.254 e. The van der Waals surface area contributed by atoms with E-state index in [4.69, 9.17) is 0 Å². The van der Waals surface area contributed by atoms with Crippen LogP contribution in [-0.4, -0.2) is 46.8 Å². The lowest BCUT2D eigenvalue weighted by molar-refractivity contribution is -0.122. The number of hydrogen-bond acceptors (Lipinski definition) is 4. The SMILES string of the molecule is O=C(Cn1cc(C(=O)NC2CCCNC2)cn1)NC1CCCCC1. The van der Waals surface area contributed by atoms with Crippen molar-refractivity contribution in [3.63, 3.8) is 0 Å². The molecule has 1 aromatic rings. The molecule has 24 heavy (non-hydrogen) atoms. The monoisotopic (exact) mass is 333 g/mol. The summed E-state index contributed by atoms with van der Waals surface area (Å²) < 4.78 is 1.53. The Balaban J connectivity index is 1.47. The van der Waals surface area contributed by atoms with Gasteiger partial charge in [0.1, 0.15) is 6.54 Å². The van der Waals surface area contributed by atoms with Gasteiger partial charge < -0.3 is 16.0 Å². The average molecular weight is 333 g/mol. The molecule has 7 nitrogen and oxygen atoms in total. The molecular formula is C17H27N5O2. The Morgan fingerprint density at radius 1 is 1.12 bits per heavy atom. The average Bonchev–Trinajstić information content (AvgIpc) is 3.05. The van der Waals surface area contributed by atoms with Crippen molar-refractivity contribution in [1.29, 1.82) is 0 Å². The second kappa shape index (κ2) is 8.28. The predicted molar refractivity (Wildman–Crippen MR) is 90.6 cm³/mol.